The summed E-state index contributed by atoms with van der Waals surface area (Å²) in [6, 6.07) is 0. The van der Waals surface area contributed by atoms with E-state index >= 15 is 0 Å². The second-order valence-corrected chi connectivity index (χ2v) is 6.41. The molecule has 0 amide bonds. The second kappa shape index (κ2) is 4.58. The number of aromatic nitrogens is 1. The van der Waals surface area contributed by atoms with Crippen molar-refractivity contribution in [2.45, 2.75) is 32.6 Å². The van der Waals surface area contributed by atoms with E-state index in [2.05, 4.69) is 27.5 Å². The van der Waals surface area contributed by atoms with Gasteiger partial charge in [-0.2, -0.15) is 0 Å². The Labute approximate surface area is 107 Å². The molecule has 2 saturated heterocycles. The first kappa shape index (κ1) is 11.5. The Balaban J connectivity index is 1.74. The van der Waals surface area contributed by atoms with Gasteiger partial charge in [-0.15, -0.1) is 11.3 Å². The Morgan fingerprint density at radius 1 is 1.41 bits per heavy atom. The molecular weight excluding hydrogens is 230 g/mol. The van der Waals surface area contributed by atoms with Crippen LogP contribution in [0.2, 0.25) is 0 Å². The van der Waals surface area contributed by atoms with E-state index in [9.17, 15) is 0 Å². The van der Waals surface area contributed by atoms with Gasteiger partial charge in [0.25, 0.3) is 0 Å². The molecule has 4 heteroatoms. The van der Waals surface area contributed by atoms with Gasteiger partial charge in [0.2, 0.25) is 0 Å². The van der Waals surface area contributed by atoms with Crippen molar-refractivity contribution < 1.29 is 0 Å². The van der Waals surface area contributed by atoms with Crippen LogP contribution in [0.15, 0.2) is 5.38 Å². The zero-order valence-corrected chi connectivity index (χ0v) is 11.4. The van der Waals surface area contributed by atoms with Gasteiger partial charge in [0.1, 0.15) is 0 Å². The smallest absolute Gasteiger partial charge is 0.185 e. The summed E-state index contributed by atoms with van der Waals surface area (Å²) >= 11 is 1.80. The van der Waals surface area contributed by atoms with Crippen LogP contribution in [-0.4, -0.2) is 31.2 Å². The van der Waals surface area contributed by atoms with Crippen LogP contribution < -0.4 is 10.2 Å². The first-order valence-corrected chi connectivity index (χ1v) is 7.53. The standard InChI is InChI=1S/C13H21N3S/c1-11-8-17-12(15-11)16-7-3-5-13(10-16)4-2-6-14-9-13/h8,14H,2-7,9-10H2,1H3. The van der Waals surface area contributed by atoms with Gasteiger partial charge in [0.15, 0.2) is 5.13 Å². The fourth-order valence-electron chi connectivity index (χ4n) is 3.24. The van der Waals surface area contributed by atoms with Gasteiger partial charge in [0, 0.05) is 30.4 Å². The summed E-state index contributed by atoms with van der Waals surface area (Å²) in [7, 11) is 0. The number of hydrogen-bond donors (Lipinski definition) is 1. The van der Waals surface area contributed by atoms with Crippen molar-refractivity contribution in [3.8, 4) is 0 Å². The lowest BCUT2D eigenvalue weighted by Gasteiger charge is -2.45. The van der Waals surface area contributed by atoms with Crippen molar-refractivity contribution >= 4 is 16.5 Å². The molecule has 17 heavy (non-hydrogen) atoms. The lowest BCUT2D eigenvalue weighted by atomic mass is 9.74. The van der Waals surface area contributed by atoms with E-state index in [4.69, 9.17) is 0 Å². The van der Waals surface area contributed by atoms with Crippen molar-refractivity contribution in [2.75, 3.05) is 31.1 Å². The number of thiazole rings is 1. The monoisotopic (exact) mass is 251 g/mol. The van der Waals surface area contributed by atoms with Gasteiger partial charge in [-0.1, -0.05) is 0 Å². The number of rotatable bonds is 1. The molecule has 1 aromatic rings. The summed E-state index contributed by atoms with van der Waals surface area (Å²) < 4.78 is 0. The highest BCUT2D eigenvalue weighted by atomic mass is 32.1. The van der Waals surface area contributed by atoms with Crippen molar-refractivity contribution in [1.29, 1.82) is 0 Å². The van der Waals surface area contributed by atoms with Gasteiger partial charge >= 0.3 is 0 Å². The number of anilines is 1. The maximum Gasteiger partial charge on any atom is 0.185 e. The molecule has 0 aromatic carbocycles. The third-order valence-electron chi connectivity index (χ3n) is 4.10. The van der Waals surface area contributed by atoms with Gasteiger partial charge in [-0.25, -0.2) is 4.98 Å². The highest BCUT2D eigenvalue weighted by Crippen LogP contribution is 2.38. The molecule has 2 fully saturated rings. The van der Waals surface area contributed by atoms with Gasteiger partial charge in [-0.05, 0) is 39.2 Å². The van der Waals surface area contributed by atoms with Crippen LogP contribution in [0.5, 0.6) is 0 Å². The quantitative estimate of drug-likeness (QED) is 0.831. The van der Waals surface area contributed by atoms with Gasteiger partial charge < -0.3 is 10.2 Å². The predicted molar refractivity (Wildman–Crippen MR) is 72.8 cm³/mol. The third kappa shape index (κ3) is 2.33. The first-order chi connectivity index (χ1) is 8.27. The summed E-state index contributed by atoms with van der Waals surface area (Å²) in [6.45, 7) is 6.88. The van der Waals surface area contributed by atoms with E-state index in [1.807, 2.05) is 0 Å². The number of hydrogen-bond acceptors (Lipinski definition) is 4. The number of piperidine rings is 2. The van der Waals surface area contributed by atoms with Crippen molar-refractivity contribution in [3.05, 3.63) is 11.1 Å². The van der Waals surface area contributed by atoms with Crippen molar-refractivity contribution in [1.82, 2.24) is 10.3 Å². The summed E-state index contributed by atoms with van der Waals surface area (Å²) in [6.07, 6.45) is 5.44. The fraction of sp³-hybridized carbons (Fsp3) is 0.769. The molecule has 1 N–H and O–H groups in total. The minimum absolute atomic E-state index is 0.524. The van der Waals surface area contributed by atoms with E-state index in [1.54, 1.807) is 11.3 Å². The molecule has 3 nitrogen and oxygen atoms in total. The zero-order chi connectivity index (χ0) is 11.7. The van der Waals surface area contributed by atoms with Crippen LogP contribution in [0.1, 0.15) is 31.4 Å². The molecular formula is C13H21N3S. The Hall–Kier alpha value is -0.610. The molecule has 1 unspecified atom stereocenters. The summed E-state index contributed by atoms with van der Waals surface area (Å²) in [5.41, 5.74) is 1.68. The lowest BCUT2D eigenvalue weighted by molar-refractivity contribution is 0.173. The SMILES string of the molecule is Cc1csc(N2CCCC3(CCCNC3)C2)n1. The summed E-state index contributed by atoms with van der Waals surface area (Å²) in [5.74, 6) is 0. The van der Waals surface area contributed by atoms with Gasteiger partial charge in [0.05, 0.1) is 5.69 Å². The average Bonchev–Trinajstić information content (AvgIpc) is 2.77. The van der Waals surface area contributed by atoms with Crippen molar-refractivity contribution in [2.24, 2.45) is 5.41 Å². The molecule has 2 aliphatic rings. The molecule has 3 rings (SSSR count). The summed E-state index contributed by atoms with van der Waals surface area (Å²) in [4.78, 5) is 7.14. The minimum atomic E-state index is 0.524. The zero-order valence-electron chi connectivity index (χ0n) is 10.5. The van der Waals surface area contributed by atoms with E-state index in [0.717, 1.165) is 5.69 Å². The number of nitrogens with zero attached hydrogens (tertiary/aromatic N) is 2. The van der Waals surface area contributed by atoms with Gasteiger partial charge in [-0.3, -0.25) is 0 Å². The molecule has 2 aliphatic heterocycles. The molecule has 1 aromatic heterocycles. The van der Waals surface area contributed by atoms with Crippen LogP contribution in [0.3, 0.4) is 0 Å². The molecule has 3 heterocycles. The van der Waals surface area contributed by atoms with E-state index in [0.29, 0.717) is 5.41 Å². The molecule has 0 aliphatic carbocycles. The predicted octanol–water partition coefficient (Wildman–Crippen LogP) is 2.42. The third-order valence-corrected chi connectivity index (χ3v) is 5.12. The molecule has 0 radical (unpaired) electrons. The minimum Gasteiger partial charge on any atom is -0.347 e. The normalized spacial score (nSPS) is 29.8. The highest BCUT2D eigenvalue weighted by molar-refractivity contribution is 7.13. The Morgan fingerprint density at radius 2 is 2.29 bits per heavy atom. The van der Waals surface area contributed by atoms with Crippen LogP contribution in [0.25, 0.3) is 0 Å². The van der Waals surface area contributed by atoms with Crippen LogP contribution in [-0.2, 0) is 0 Å². The number of aryl methyl sites for hydroxylation is 1. The topological polar surface area (TPSA) is 28.2 Å². The lowest BCUT2D eigenvalue weighted by Crippen LogP contribution is -2.51. The van der Waals surface area contributed by atoms with E-state index < -0.39 is 0 Å². The van der Waals surface area contributed by atoms with Crippen LogP contribution in [0, 0.1) is 12.3 Å². The van der Waals surface area contributed by atoms with Crippen LogP contribution in [0.4, 0.5) is 5.13 Å². The molecule has 94 valence electrons. The fourth-order valence-corrected chi connectivity index (χ4v) is 4.07. The Bertz CT molecular complexity index is 376. The van der Waals surface area contributed by atoms with Crippen LogP contribution >= 0.6 is 11.3 Å². The molecule has 1 spiro atoms. The molecule has 0 bridgehead atoms. The Kier molecular flexibility index (Phi) is 3.09. The molecule has 0 saturated carbocycles. The maximum absolute atomic E-state index is 4.64. The largest absolute Gasteiger partial charge is 0.347 e. The van der Waals surface area contributed by atoms with E-state index in [-0.39, 0.29) is 0 Å². The summed E-state index contributed by atoms with van der Waals surface area (Å²) in [5, 5.41) is 6.97. The highest BCUT2D eigenvalue weighted by Gasteiger charge is 2.37. The van der Waals surface area contributed by atoms with E-state index in [1.165, 1.54) is 57.0 Å². The number of nitrogens with one attached hydrogen (secondary N) is 1. The van der Waals surface area contributed by atoms with Crippen molar-refractivity contribution in [3.63, 3.8) is 0 Å². The first-order valence-electron chi connectivity index (χ1n) is 6.65. The molecule has 1 atom stereocenters. The Morgan fingerprint density at radius 3 is 3.00 bits per heavy atom. The second-order valence-electron chi connectivity index (χ2n) is 5.58. The maximum atomic E-state index is 4.64. The average molecular weight is 251 g/mol.